The van der Waals surface area contributed by atoms with Gasteiger partial charge in [-0.05, 0) is 0 Å². The van der Waals surface area contributed by atoms with E-state index >= 15 is 0 Å². The van der Waals surface area contributed by atoms with Crippen LogP contribution in [0.25, 0.3) is 0 Å². The van der Waals surface area contributed by atoms with Gasteiger partial charge < -0.3 is 0 Å². The van der Waals surface area contributed by atoms with Crippen molar-refractivity contribution in [2.45, 2.75) is 13.8 Å². The fraction of sp³-hybridized carbons (Fsp3) is 0.500. The third-order valence-corrected chi connectivity index (χ3v) is 3.79. The van der Waals surface area contributed by atoms with Crippen molar-refractivity contribution >= 4 is 14.5 Å². The minimum atomic E-state index is 0.481. The first-order valence-electron chi connectivity index (χ1n) is 3.64. The van der Waals surface area contributed by atoms with Gasteiger partial charge in [0.25, 0.3) is 0 Å². The Morgan fingerprint density at radius 1 is 1.00 bits per heavy atom. The summed E-state index contributed by atoms with van der Waals surface area (Å²) in [4.78, 5) is 0. The molecule has 1 aromatic rings. The zero-order valence-electron chi connectivity index (χ0n) is 6.64. The van der Waals surface area contributed by atoms with Crippen LogP contribution in [-0.4, -0.2) is 27.7 Å². The second-order valence-corrected chi connectivity index (χ2v) is 5.57. The Kier molecular flexibility index (Phi) is 1.70. The van der Waals surface area contributed by atoms with Crippen LogP contribution in [0.5, 0.6) is 11.5 Å². The van der Waals surface area contributed by atoms with Crippen molar-refractivity contribution in [2.24, 2.45) is 0 Å². The first kappa shape index (κ1) is 7.26. The average molecular weight is 217 g/mol. The van der Waals surface area contributed by atoms with Gasteiger partial charge in [-0.25, -0.2) is 0 Å². The molecule has 0 amide bonds. The van der Waals surface area contributed by atoms with Gasteiger partial charge >= 0.3 is 71.4 Å². The zero-order valence-corrected chi connectivity index (χ0v) is 8.35. The summed E-state index contributed by atoms with van der Waals surface area (Å²) in [6.45, 7) is 5.67. The molecule has 0 aliphatic carbocycles. The number of hydrogen-bond donors (Lipinski definition) is 0. The van der Waals surface area contributed by atoms with E-state index in [1.54, 1.807) is 0 Å². The monoisotopic (exact) mass is 218 g/mol. The molecule has 0 unspecified atom stereocenters. The van der Waals surface area contributed by atoms with Crippen LogP contribution in [0.3, 0.4) is 0 Å². The Morgan fingerprint density at radius 3 is 1.91 bits per heavy atom. The zero-order chi connectivity index (χ0) is 7.84. The maximum absolute atomic E-state index is 5.50. The Morgan fingerprint density at radius 2 is 1.45 bits per heavy atom. The molecule has 2 rings (SSSR count). The van der Waals surface area contributed by atoms with Crippen molar-refractivity contribution in [1.29, 1.82) is 0 Å². The van der Waals surface area contributed by atoms with Crippen LogP contribution in [0.15, 0.2) is 0 Å². The number of aryl methyl sites for hydroxylation is 2. The summed E-state index contributed by atoms with van der Waals surface area (Å²) in [5.41, 5.74) is 0. The number of rotatable bonds is 0. The molecule has 3 heteroatoms. The van der Waals surface area contributed by atoms with E-state index in [9.17, 15) is 0 Å². The number of hydrogen-bond acceptors (Lipinski definition) is 2. The van der Waals surface area contributed by atoms with Crippen LogP contribution in [0.1, 0.15) is 8.87 Å². The van der Waals surface area contributed by atoms with Gasteiger partial charge in [0.2, 0.25) is 0 Å². The van der Waals surface area contributed by atoms with Gasteiger partial charge in [0.05, 0.1) is 0 Å². The maximum atomic E-state index is 5.50. The molecule has 1 aromatic heterocycles. The van der Waals surface area contributed by atoms with E-state index in [0.29, 0.717) is 27.7 Å². The van der Waals surface area contributed by atoms with Gasteiger partial charge in [0.15, 0.2) is 0 Å². The van der Waals surface area contributed by atoms with E-state index in [1.165, 1.54) is 8.87 Å². The molecule has 2 nitrogen and oxygen atoms in total. The Labute approximate surface area is 71.9 Å². The van der Waals surface area contributed by atoms with Crippen molar-refractivity contribution < 1.29 is 9.47 Å². The van der Waals surface area contributed by atoms with Crippen LogP contribution >= 0.6 is 0 Å². The summed E-state index contributed by atoms with van der Waals surface area (Å²) >= 11 is 0.481. The standard InChI is InChI=1S/C8H10O2Se/c1-5-7-8(6(2)11-5)10-4-3-9-7/h3-4H2,1-2H3. The Hall–Kier alpha value is -0.401. The summed E-state index contributed by atoms with van der Waals surface area (Å²) in [6, 6.07) is 0. The summed E-state index contributed by atoms with van der Waals surface area (Å²) in [7, 11) is 0. The molecule has 0 saturated carbocycles. The van der Waals surface area contributed by atoms with Gasteiger partial charge in [0.1, 0.15) is 0 Å². The van der Waals surface area contributed by atoms with Crippen LogP contribution in [0.4, 0.5) is 0 Å². The van der Waals surface area contributed by atoms with E-state index < -0.39 is 0 Å². The van der Waals surface area contributed by atoms with E-state index in [4.69, 9.17) is 9.47 Å². The van der Waals surface area contributed by atoms with Crippen molar-refractivity contribution in [1.82, 2.24) is 0 Å². The second-order valence-electron chi connectivity index (χ2n) is 2.57. The molecule has 0 fully saturated rings. The van der Waals surface area contributed by atoms with Gasteiger partial charge in [-0.15, -0.1) is 0 Å². The summed E-state index contributed by atoms with van der Waals surface area (Å²) in [6.07, 6.45) is 0. The van der Waals surface area contributed by atoms with Crippen molar-refractivity contribution in [3.63, 3.8) is 0 Å². The van der Waals surface area contributed by atoms with E-state index in [0.717, 1.165) is 11.5 Å². The van der Waals surface area contributed by atoms with Gasteiger partial charge in [-0.2, -0.15) is 0 Å². The molecule has 1 aliphatic rings. The van der Waals surface area contributed by atoms with Crippen molar-refractivity contribution in [3.05, 3.63) is 8.87 Å². The molecular weight excluding hydrogens is 207 g/mol. The molecule has 0 radical (unpaired) electrons. The average Bonchev–Trinajstić information content (AvgIpc) is 2.30. The summed E-state index contributed by atoms with van der Waals surface area (Å²) in [5.74, 6) is 2.04. The Balaban J connectivity index is 2.52. The molecule has 0 bridgehead atoms. The van der Waals surface area contributed by atoms with Crippen LogP contribution in [0, 0.1) is 13.8 Å². The van der Waals surface area contributed by atoms with Crippen molar-refractivity contribution in [2.75, 3.05) is 13.2 Å². The normalized spacial score (nSPS) is 15.1. The molecule has 0 N–H and O–H groups in total. The topological polar surface area (TPSA) is 18.5 Å². The SMILES string of the molecule is Cc1[se]c(C)c2c1OCCO2. The van der Waals surface area contributed by atoms with Crippen LogP contribution in [-0.2, 0) is 0 Å². The molecule has 60 valence electrons. The van der Waals surface area contributed by atoms with Gasteiger partial charge in [-0.1, -0.05) is 0 Å². The van der Waals surface area contributed by atoms with Gasteiger partial charge in [0, 0.05) is 0 Å². The van der Waals surface area contributed by atoms with Gasteiger partial charge in [-0.3, -0.25) is 0 Å². The predicted molar refractivity (Wildman–Crippen MR) is 43.8 cm³/mol. The third-order valence-electron chi connectivity index (χ3n) is 1.73. The number of fused-ring (bicyclic) bond motifs is 1. The summed E-state index contributed by atoms with van der Waals surface area (Å²) in [5, 5.41) is 0. The summed E-state index contributed by atoms with van der Waals surface area (Å²) < 4.78 is 13.7. The fourth-order valence-electron chi connectivity index (χ4n) is 1.26. The second kappa shape index (κ2) is 2.58. The molecule has 0 atom stereocenters. The van der Waals surface area contributed by atoms with E-state index in [1.807, 2.05) is 0 Å². The van der Waals surface area contributed by atoms with E-state index in [2.05, 4.69) is 13.8 Å². The van der Waals surface area contributed by atoms with Crippen LogP contribution < -0.4 is 9.47 Å². The van der Waals surface area contributed by atoms with E-state index in [-0.39, 0.29) is 0 Å². The Bertz CT molecular complexity index is 251. The molecule has 11 heavy (non-hydrogen) atoms. The third kappa shape index (κ3) is 1.09. The first-order chi connectivity index (χ1) is 5.29. The molecule has 0 spiro atoms. The molecule has 0 aromatic carbocycles. The van der Waals surface area contributed by atoms with Crippen molar-refractivity contribution in [3.8, 4) is 11.5 Å². The fourth-order valence-corrected chi connectivity index (χ4v) is 3.25. The molecule has 2 heterocycles. The first-order valence-corrected chi connectivity index (χ1v) is 5.36. The molecule has 0 saturated heterocycles. The predicted octanol–water partition coefficient (Wildman–Crippen LogP) is 1.13. The van der Waals surface area contributed by atoms with Crippen LogP contribution in [0.2, 0.25) is 0 Å². The molecular formula is C8H10O2Se. The quantitative estimate of drug-likeness (QED) is 0.606. The minimum absolute atomic E-state index is 0.481. The molecule has 1 aliphatic heterocycles. The number of ether oxygens (including phenoxy) is 2.